The highest BCUT2D eigenvalue weighted by molar-refractivity contribution is 9.10. The van der Waals surface area contributed by atoms with Crippen LogP contribution in [0.2, 0.25) is 5.02 Å². The largest absolute Gasteiger partial charge is 0.399 e. The number of nitrogens with one attached hydrogen (secondary N) is 1. The Labute approximate surface area is 136 Å². The van der Waals surface area contributed by atoms with Crippen LogP contribution in [0.25, 0.3) is 0 Å². The minimum Gasteiger partial charge on any atom is -0.399 e. The minimum absolute atomic E-state index is 0.105. The van der Waals surface area contributed by atoms with E-state index in [1.165, 1.54) is 12.1 Å². The number of carbonyl (C=O) groups excluding carboxylic acids is 1. The lowest BCUT2D eigenvalue weighted by Gasteiger charge is -2.10. The molecule has 0 aliphatic carbocycles. The normalized spacial score (nSPS) is 10.4. The molecule has 0 aliphatic rings. The SMILES string of the molecule is Nc1cc(Br)cc(C(=O)Nc2c(Cl)cc(F)cc2Br)c1. The lowest BCUT2D eigenvalue weighted by Crippen LogP contribution is -2.13. The van der Waals surface area contributed by atoms with Crippen LogP contribution in [0.1, 0.15) is 10.4 Å². The Morgan fingerprint density at radius 3 is 2.50 bits per heavy atom. The van der Waals surface area contributed by atoms with Gasteiger partial charge in [-0.1, -0.05) is 27.5 Å². The van der Waals surface area contributed by atoms with Crippen LogP contribution in [0, 0.1) is 5.82 Å². The molecule has 7 heteroatoms. The van der Waals surface area contributed by atoms with Gasteiger partial charge < -0.3 is 11.1 Å². The predicted octanol–water partition coefficient (Wildman–Crippen LogP) is 4.84. The molecule has 1 amide bonds. The molecule has 0 aromatic heterocycles. The van der Waals surface area contributed by atoms with E-state index in [2.05, 4.69) is 37.2 Å². The van der Waals surface area contributed by atoms with Crippen molar-refractivity contribution in [3.05, 3.63) is 55.7 Å². The Bertz CT molecular complexity index is 651. The van der Waals surface area contributed by atoms with Gasteiger partial charge in [-0.05, 0) is 46.3 Å². The minimum atomic E-state index is -0.494. The van der Waals surface area contributed by atoms with Crippen molar-refractivity contribution >= 4 is 60.7 Å². The third-order valence-corrected chi connectivity index (χ3v) is 3.81. The van der Waals surface area contributed by atoms with Crippen LogP contribution < -0.4 is 11.1 Å². The third-order valence-electron chi connectivity index (χ3n) is 2.43. The van der Waals surface area contributed by atoms with E-state index in [9.17, 15) is 9.18 Å². The second kappa shape index (κ2) is 6.11. The van der Waals surface area contributed by atoms with Crippen LogP contribution in [0.15, 0.2) is 39.3 Å². The highest BCUT2D eigenvalue weighted by Gasteiger charge is 2.13. The average molecular weight is 422 g/mol. The van der Waals surface area contributed by atoms with Gasteiger partial charge in [0.05, 0.1) is 10.7 Å². The Hall–Kier alpha value is -1.11. The summed E-state index contributed by atoms with van der Waals surface area (Å²) in [5.74, 6) is -0.890. The van der Waals surface area contributed by atoms with Gasteiger partial charge in [0.15, 0.2) is 0 Å². The van der Waals surface area contributed by atoms with E-state index in [1.54, 1.807) is 12.1 Å². The molecule has 0 unspecified atom stereocenters. The Balaban J connectivity index is 2.32. The van der Waals surface area contributed by atoms with Crippen molar-refractivity contribution in [2.24, 2.45) is 0 Å². The van der Waals surface area contributed by atoms with Crippen LogP contribution in [0.3, 0.4) is 0 Å². The van der Waals surface area contributed by atoms with Gasteiger partial charge in [0.1, 0.15) is 5.82 Å². The van der Waals surface area contributed by atoms with E-state index >= 15 is 0 Å². The molecule has 3 nitrogen and oxygen atoms in total. The fourth-order valence-corrected chi connectivity index (χ4v) is 3.00. The van der Waals surface area contributed by atoms with E-state index in [0.29, 0.717) is 25.9 Å². The molecule has 20 heavy (non-hydrogen) atoms. The Morgan fingerprint density at radius 1 is 1.20 bits per heavy atom. The lowest BCUT2D eigenvalue weighted by molar-refractivity contribution is 0.102. The molecule has 3 N–H and O–H groups in total. The van der Waals surface area contributed by atoms with Gasteiger partial charge in [-0.2, -0.15) is 0 Å². The van der Waals surface area contributed by atoms with Crippen molar-refractivity contribution < 1.29 is 9.18 Å². The zero-order chi connectivity index (χ0) is 14.9. The van der Waals surface area contributed by atoms with Gasteiger partial charge in [-0.15, -0.1) is 0 Å². The van der Waals surface area contributed by atoms with Crippen molar-refractivity contribution in [2.45, 2.75) is 0 Å². The zero-order valence-electron chi connectivity index (χ0n) is 9.88. The highest BCUT2D eigenvalue weighted by Crippen LogP contribution is 2.32. The van der Waals surface area contributed by atoms with Crippen LogP contribution in [-0.2, 0) is 0 Å². The van der Waals surface area contributed by atoms with E-state index in [1.807, 2.05) is 0 Å². The number of hydrogen-bond acceptors (Lipinski definition) is 2. The van der Waals surface area contributed by atoms with Crippen molar-refractivity contribution in [1.29, 1.82) is 0 Å². The number of benzene rings is 2. The summed E-state index contributed by atoms with van der Waals surface area (Å²) in [6.07, 6.45) is 0. The fourth-order valence-electron chi connectivity index (χ4n) is 1.59. The topological polar surface area (TPSA) is 55.1 Å². The summed E-state index contributed by atoms with van der Waals surface area (Å²) < 4.78 is 14.2. The van der Waals surface area contributed by atoms with Gasteiger partial charge in [0.25, 0.3) is 5.91 Å². The molecule has 104 valence electrons. The molecule has 2 rings (SSSR count). The molecule has 2 aromatic carbocycles. The standard InChI is InChI=1S/C13H8Br2ClFN2O/c14-7-1-6(2-9(18)3-7)13(20)19-12-10(15)4-8(17)5-11(12)16/h1-5H,18H2,(H,19,20). The maximum Gasteiger partial charge on any atom is 0.255 e. The number of amides is 1. The maximum atomic E-state index is 13.1. The molecule has 0 aliphatic heterocycles. The molecular formula is C13H8Br2ClFN2O. The molecule has 2 aromatic rings. The lowest BCUT2D eigenvalue weighted by atomic mass is 10.2. The second-order valence-corrected chi connectivity index (χ2v) is 6.15. The number of rotatable bonds is 2. The highest BCUT2D eigenvalue weighted by atomic mass is 79.9. The molecule has 0 fully saturated rings. The first-order valence-electron chi connectivity index (χ1n) is 5.39. The fraction of sp³-hybridized carbons (Fsp3) is 0. The van der Waals surface area contributed by atoms with E-state index in [-0.39, 0.29) is 5.02 Å². The molecule has 0 atom stereocenters. The summed E-state index contributed by atoms with van der Waals surface area (Å²) in [6.45, 7) is 0. The van der Waals surface area contributed by atoms with E-state index < -0.39 is 11.7 Å². The quantitative estimate of drug-likeness (QED) is 0.681. The molecule has 0 heterocycles. The van der Waals surface area contributed by atoms with Gasteiger partial charge in [0, 0.05) is 20.2 Å². The molecular weight excluding hydrogens is 414 g/mol. The van der Waals surface area contributed by atoms with E-state index in [4.69, 9.17) is 17.3 Å². The van der Waals surface area contributed by atoms with Crippen molar-refractivity contribution in [3.63, 3.8) is 0 Å². The monoisotopic (exact) mass is 420 g/mol. The number of nitrogen functional groups attached to an aromatic ring is 1. The number of anilines is 2. The summed E-state index contributed by atoms with van der Waals surface area (Å²) in [5, 5.41) is 2.72. The molecule has 0 spiro atoms. The first-order valence-corrected chi connectivity index (χ1v) is 7.35. The number of carbonyl (C=O) groups is 1. The first kappa shape index (κ1) is 15.3. The van der Waals surface area contributed by atoms with Crippen molar-refractivity contribution in [1.82, 2.24) is 0 Å². The van der Waals surface area contributed by atoms with Crippen LogP contribution >= 0.6 is 43.5 Å². The van der Waals surface area contributed by atoms with Gasteiger partial charge >= 0.3 is 0 Å². The Kier molecular flexibility index (Phi) is 4.67. The molecule has 0 radical (unpaired) electrons. The first-order chi connectivity index (χ1) is 9.36. The second-order valence-electron chi connectivity index (χ2n) is 3.97. The number of hydrogen-bond donors (Lipinski definition) is 2. The number of nitrogens with two attached hydrogens (primary N) is 1. The van der Waals surface area contributed by atoms with Gasteiger partial charge in [-0.25, -0.2) is 4.39 Å². The molecule has 0 saturated heterocycles. The average Bonchev–Trinajstić information content (AvgIpc) is 2.32. The van der Waals surface area contributed by atoms with E-state index in [0.717, 1.165) is 6.07 Å². The van der Waals surface area contributed by atoms with Crippen LogP contribution in [0.4, 0.5) is 15.8 Å². The summed E-state index contributed by atoms with van der Waals surface area (Å²) >= 11 is 12.3. The van der Waals surface area contributed by atoms with Crippen molar-refractivity contribution in [2.75, 3.05) is 11.1 Å². The maximum absolute atomic E-state index is 13.1. The number of halogens is 4. The summed E-state index contributed by atoms with van der Waals surface area (Å²) in [7, 11) is 0. The van der Waals surface area contributed by atoms with Crippen LogP contribution in [0.5, 0.6) is 0 Å². The van der Waals surface area contributed by atoms with Gasteiger partial charge in [0.2, 0.25) is 0 Å². The predicted molar refractivity (Wildman–Crippen MR) is 85.6 cm³/mol. The summed E-state index contributed by atoms with van der Waals surface area (Å²) in [5.41, 5.74) is 6.80. The summed E-state index contributed by atoms with van der Waals surface area (Å²) in [6, 6.07) is 7.17. The molecule has 0 bridgehead atoms. The van der Waals surface area contributed by atoms with Crippen molar-refractivity contribution in [3.8, 4) is 0 Å². The summed E-state index contributed by atoms with van der Waals surface area (Å²) in [4.78, 5) is 12.1. The molecule has 0 saturated carbocycles. The Morgan fingerprint density at radius 2 is 1.90 bits per heavy atom. The van der Waals surface area contributed by atoms with Gasteiger partial charge in [-0.3, -0.25) is 4.79 Å². The third kappa shape index (κ3) is 3.50. The zero-order valence-corrected chi connectivity index (χ0v) is 13.8. The smallest absolute Gasteiger partial charge is 0.255 e. The van der Waals surface area contributed by atoms with Crippen LogP contribution in [-0.4, -0.2) is 5.91 Å².